The third kappa shape index (κ3) is 3.01. The number of carbonyl (C=O) groups excluding carboxylic acids is 1. The molecule has 0 radical (unpaired) electrons. The predicted molar refractivity (Wildman–Crippen MR) is 81.9 cm³/mol. The number of amides is 1. The molecule has 24 heavy (non-hydrogen) atoms. The first-order valence-corrected chi connectivity index (χ1v) is 6.85. The van der Waals surface area contributed by atoms with Crippen molar-refractivity contribution >= 4 is 22.6 Å². The van der Waals surface area contributed by atoms with Gasteiger partial charge in [0.05, 0.1) is 10.9 Å². The molecule has 2 aromatic carbocycles. The van der Waals surface area contributed by atoms with Gasteiger partial charge in [-0.3, -0.25) is 9.59 Å². The minimum Gasteiger partial charge on any atom is -0.463 e. The summed E-state index contributed by atoms with van der Waals surface area (Å²) in [6.07, 6.45) is -3.42. The summed E-state index contributed by atoms with van der Waals surface area (Å²) in [6, 6.07) is 10.4. The van der Waals surface area contributed by atoms with E-state index < -0.39 is 23.1 Å². The summed E-state index contributed by atoms with van der Waals surface area (Å²) in [4.78, 5) is 24.4. The van der Waals surface area contributed by atoms with Crippen LogP contribution in [0, 0.1) is 0 Å². The molecule has 3 aromatic rings. The molecule has 0 aliphatic rings. The van der Waals surface area contributed by atoms with Crippen molar-refractivity contribution in [1.29, 1.82) is 0 Å². The van der Waals surface area contributed by atoms with E-state index in [9.17, 15) is 22.8 Å². The minimum absolute atomic E-state index is 0.139. The highest BCUT2D eigenvalue weighted by molar-refractivity contribution is 6.05. The van der Waals surface area contributed by atoms with E-state index in [1.165, 1.54) is 6.07 Å². The summed E-state index contributed by atoms with van der Waals surface area (Å²) in [5, 5.41) is 2.62. The third-order valence-electron chi connectivity index (χ3n) is 3.39. The molecule has 7 heteroatoms. The lowest BCUT2D eigenvalue weighted by Crippen LogP contribution is -2.21. The predicted octanol–water partition coefficient (Wildman–Crippen LogP) is 4.06. The molecule has 1 aromatic heterocycles. The van der Waals surface area contributed by atoms with Crippen molar-refractivity contribution in [2.75, 3.05) is 5.32 Å². The van der Waals surface area contributed by atoms with Gasteiger partial charge in [0.25, 0.3) is 5.91 Å². The van der Waals surface area contributed by atoms with Crippen LogP contribution >= 0.6 is 0 Å². The second-order valence-corrected chi connectivity index (χ2v) is 5.00. The summed E-state index contributed by atoms with van der Waals surface area (Å²) < 4.78 is 42.8. The highest BCUT2D eigenvalue weighted by Crippen LogP contribution is 2.29. The molecule has 1 heterocycles. The Balaban J connectivity index is 1.88. The molecule has 0 aliphatic heterocycles. The molecule has 0 saturated heterocycles. The van der Waals surface area contributed by atoms with Crippen molar-refractivity contribution in [3.8, 4) is 0 Å². The second-order valence-electron chi connectivity index (χ2n) is 5.00. The molecule has 1 N–H and O–H groups in total. The lowest BCUT2D eigenvalue weighted by molar-refractivity contribution is -0.137. The molecule has 0 fully saturated rings. The number of carbonyl (C=O) groups is 1. The van der Waals surface area contributed by atoms with Gasteiger partial charge in [0.2, 0.25) is 5.43 Å². The Morgan fingerprint density at radius 3 is 2.33 bits per heavy atom. The summed E-state index contributed by atoms with van der Waals surface area (Å²) in [6.45, 7) is 0. The van der Waals surface area contributed by atoms with Gasteiger partial charge in [-0.25, -0.2) is 0 Å². The average Bonchev–Trinajstić information content (AvgIpc) is 2.55. The van der Waals surface area contributed by atoms with Crippen molar-refractivity contribution in [2.24, 2.45) is 0 Å². The van der Waals surface area contributed by atoms with Crippen molar-refractivity contribution in [1.82, 2.24) is 0 Å². The fraction of sp³-hybridized carbons (Fsp3) is 0.0588. The Hall–Kier alpha value is -3.09. The number of anilines is 1. The van der Waals surface area contributed by atoms with Crippen LogP contribution in [0.2, 0.25) is 0 Å². The number of fused-ring (bicyclic) bond motifs is 1. The standard InChI is InChI=1S/C17H10F3NO3/c18-17(19,20)10-5-7-11(8-6-10)21-16(23)13-9-24-14-4-2-1-3-12(14)15(13)22/h1-9H,(H,21,23). The Bertz CT molecular complexity index is 959. The van der Waals surface area contributed by atoms with Crippen LogP contribution in [0.4, 0.5) is 18.9 Å². The lowest BCUT2D eigenvalue weighted by Gasteiger charge is -2.08. The van der Waals surface area contributed by atoms with Gasteiger partial charge < -0.3 is 9.73 Å². The molecule has 3 rings (SSSR count). The van der Waals surface area contributed by atoms with Crippen LogP contribution in [0.15, 0.2) is 64.0 Å². The zero-order valence-corrected chi connectivity index (χ0v) is 12.1. The first-order chi connectivity index (χ1) is 11.4. The Kier molecular flexibility index (Phi) is 3.84. The van der Waals surface area contributed by atoms with Crippen LogP contribution < -0.4 is 10.7 Å². The van der Waals surface area contributed by atoms with Gasteiger partial charge in [-0.2, -0.15) is 13.2 Å². The highest BCUT2D eigenvalue weighted by Gasteiger charge is 2.30. The summed E-state index contributed by atoms with van der Waals surface area (Å²) in [5.41, 5.74) is -1.09. The van der Waals surface area contributed by atoms with Gasteiger partial charge in [-0.15, -0.1) is 0 Å². The van der Waals surface area contributed by atoms with E-state index >= 15 is 0 Å². The number of rotatable bonds is 2. The molecule has 0 atom stereocenters. The molecular formula is C17H10F3NO3. The number of halogens is 3. The monoisotopic (exact) mass is 333 g/mol. The quantitative estimate of drug-likeness (QED) is 0.769. The Labute approximate surface area is 133 Å². The fourth-order valence-electron chi connectivity index (χ4n) is 2.18. The van der Waals surface area contributed by atoms with Gasteiger partial charge in [0.15, 0.2) is 0 Å². The van der Waals surface area contributed by atoms with Crippen molar-refractivity contribution in [2.45, 2.75) is 6.18 Å². The Morgan fingerprint density at radius 2 is 1.67 bits per heavy atom. The lowest BCUT2D eigenvalue weighted by atomic mass is 10.1. The van der Waals surface area contributed by atoms with Crippen LogP contribution in [0.5, 0.6) is 0 Å². The molecule has 0 saturated carbocycles. The maximum absolute atomic E-state index is 12.5. The average molecular weight is 333 g/mol. The summed E-state index contributed by atoms with van der Waals surface area (Å²) in [7, 11) is 0. The van der Waals surface area contributed by atoms with Crippen molar-refractivity contribution in [3.05, 3.63) is 76.1 Å². The van der Waals surface area contributed by atoms with Gasteiger partial charge in [-0.05, 0) is 36.4 Å². The number of hydrogen-bond donors (Lipinski definition) is 1. The number of para-hydroxylation sites is 1. The van der Waals surface area contributed by atoms with Crippen LogP contribution in [0.3, 0.4) is 0 Å². The zero-order chi connectivity index (χ0) is 17.3. The number of alkyl halides is 3. The van der Waals surface area contributed by atoms with E-state index in [1.54, 1.807) is 18.2 Å². The Morgan fingerprint density at radius 1 is 1.00 bits per heavy atom. The van der Waals surface area contributed by atoms with Crippen molar-refractivity contribution < 1.29 is 22.4 Å². The van der Waals surface area contributed by atoms with Gasteiger partial charge >= 0.3 is 6.18 Å². The molecule has 0 unspecified atom stereocenters. The normalized spacial score (nSPS) is 11.5. The molecule has 1 amide bonds. The fourth-order valence-corrected chi connectivity index (χ4v) is 2.18. The van der Waals surface area contributed by atoms with Crippen LogP contribution in [0.1, 0.15) is 15.9 Å². The van der Waals surface area contributed by atoms with Crippen molar-refractivity contribution in [3.63, 3.8) is 0 Å². The number of nitrogens with one attached hydrogen (secondary N) is 1. The summed E-state index contributed by atoms with van der Waals surface area (Å²) >= 11 is 0. The van der Waals surface area contributed by atoms with E-state index in [2.05, 4.69) is 5.32 Å². The molecule has 0 aliphatic carbocycles. The zero-order valence-electron chi connectivity index (χ0n) is 12.1. The van der Waals surface area contributed by atoms with Gasteiger partial charge in [-0.1, -0.05) is 12.1 Å². The SMILES string of the molecule is O=C(Nc1ccc(C(F)(F)F)cc1)c1coc2ccccc2c1=O. The second kappa shape index (κ2) is 5.84. The summed E-state index contributed by atoms with van der Waals surface area (Å²) in [5.74, 6) is -0.755. The molecule has 0 spiro atoms. The first kappa shape index (κ1) is 15.8. The number of benzene rings is 2. The van der Waals surface area contributed by atoms with E-state index in [1.807, 2.05) is 0 Å². The topological polar surface area (TPSA) is 59.3 Å². The maximum atomic E-state index is 12.5. The van der Waals surface area contributed by atoms with Crippen LogP contribution in [-0.4, -0.2) is 5.91 Å². The first-order valence-electron chi connectivity index (χ1n) is 6.85. The van der Waals surface area contributed by atoms with E-state index in [-0.39, 0.29) is 16.6 Å². The smallest absolute Gasteiger partial charge is 0.416 e. The van der Waals surface area contributed by atoms with Gasteiger partial charge in [0, 0.05) is 5.69 Å². The maximum Gasteiger partial charge on any atom is 0.416 e. The minimum atomic E-state index is -4.46. The largest absolute Gasteiger partial charge is 0.463 e. The molecule has 122 valence electrons. The molecular weight excluding hydrogens is 323 g/mol. The van der Waals surface area contributed by atoms with E-state index in [4.69, 9.17) is 4.42 Å². The van der Waals surface area contributed by atoms with Crippen LogP contribution in [0.25, 0.3) is 11.0 Å². The van der Waals surface area contributed by atoms with E-state index in [0.29, 0.717) is 5.58 Å². The highest BCUT2D eigenvalue weighted by atomic mass is 19.4. The number of hydrogen-bond acceptors (Lipinski definition) is 3. The van der Waals surface area contributed by atoms with Gasteiger partial charge in [0.1, 0.15) is 17.4 Å². The molecule has 4 nitrogen and oxygen atoms in total. The third-order valence-corrected chi connectivity index (χ3v) is 3.39. The van der Waals surface area contributed by atoms with Crippen LogP contribution in [-0.2, 0) is 6.18 Å². The molecule has 0 bridgehead atoms. The van der Waals surface area contributed by atoms with E-state index in [0.717, 1.165) is 30.5 Å².